The number of fused-ring (bicyclic) bond motifs is 1. The molecule has 4 nitrogen and oxygen atoms in total. The fourth-order valence-corrected chi connectivity index (χ4v) is 2.24. The van der Waals surface area contributed by atoms with Crippen molar-refractivity contribution in [3.05, 3.63) is 42.5 Å². The van der Waals surface area contributed by atoms with Crippen molar-refractivity contribution in [3.63, 3.8) is 0 Å². The van der Waals surface area contributed by atoms with Crippen molar-refractivity contribution >= 4 is 11.6 Å². The van der Waals surface area contributed by atoms with Crippen LogP contribution in [0.2, 0.25) is 0 Å². The lowest BCUT2D eigenvalue weighted by Gasteiger charge is -2.26. The first kappa shape index (κ1) is 12.5. The van der Waals surface area contributed by atoms with Crippen LogP contribution in [0.5, 0.6) is 11.5 Å². The predicted octanol–water partition coefficient (Wildman–Crippen LogP) is 2.72. The van der Waals surface area contributed by atoms with E-state index in [1.807, 2.05) is 42.5 Å². The first-order valence-corrected chi connectivity index (χ1v) is 6.37. The summed E-state index contributed by atoms with van der Waals surface area (Å²) < 4.78 is 10.6. The summed E-state index contributed by atoms with van der Waals surface area (Å²) in [5.74, 6) is 1.52. The van der Waals surface area contributed by atoms with Crippen molar-refractivity contribution in [1.82, 2.24) is 0 Å². The van der Waals surface area contributed by atoms with Crippen molar-refractivity contribution in [2.75, 3.05) is 25.7 Å². The Balaban J connectivity index is 2.00. The molecule has 1 amide bonds. The SMILES string of the molecule is COc1ccc(-c2ccc3c(c2)N(C)C(=O)CO3)cc1. The highest BCUT2D eigenvalue weighted by atomic mass is 16.5. The van der Waals surface area contributed by atoms with E-state index in [-0.39, 0.29) is 12.5 Å². The topological polar surface area (TPSA) is 38.8 Å². The number of anilines is 1. The molecule has 0 radical (unpaired) electrons. The lowest BCUT2D eigenvalue weighted by Crippen LogP contribution is -2.35. The van der Waals surface area contributed by atoms with E-state index < -0.39 is 0 Å². The number of carbonyl (C=O) groups excluding carboxylic acids is 1. The fraction of sp³-hybridized carbons (Fsp3) is 0.188. The van der Waals surface area contributed by atoms with Gasteiger partial charge in [-0.2, -0.15) is 0 Å². The largest absolute Gasteiger partial charge is 0.497 e. The minimum absolute atomic E-state index is 0.0376. The van der Waals surface area contributed by atoms with E-state index in [2.05, 4.69) is 0 Å². The molecule has 0 aromatic heterocycles. The monoisotopic (exact) mass is 269 g/mol. The quantitative estimate of drug-likeness (QED) is 0.841. The third-order valence-corrected chi connectivity index (χ3v) is 3.47. The second-order valence-electron chi connectivity index (χ2n) is 4.65. The molecule has 1 heterocycles. The lowest BCUT2D eigenvalue weighted by molar-refractivity contribution is -0.120. The van der Waals surface area contributed by atoms with Crippen LogP contribution in [-0.2, 0) is 4.79 Å². The molecule has 0 unspecified atom stereocenters. The van der Waals surface area contributed by atoms with Crippen molar-refractivity contribution in [2.24, 2.45) is 0 Å². The molecule has 4 heteroatoms. The summed E-state index contributed by atoms with van der Waals surface area (Å²) in [5.41, 5.74) is 2.91. The molecule has 1 aliphatic heterocycles. The van der Waals surface area contributed by atoms with E-state index in [9.17, 15) is 4.79 Å². The third-order valence-electron chi connectivity index (χ3n) is 3.47. The Kier molecular flexibility index (Phi) is 3.06. The minimum Gasteiger partial charge on any atom is -0.497 e. The zero-order valence-corrected chi connectivity index (χ0v) is 11.4. The van der Waals surface area contributed by atoms with E-state index in [0.717, 1.165) is 28.3 Å². The zero-order valence-electron chi connectivity index (χ0n) is 11.4. The van der Waals surface area contributed by atoms with Crippen LogP contribution in [0.25, 0.3) is 11.1 Å². The van der Waals surface area contributed by atoms with Crippen LogP contribution in [0, 0.1) is 0 Å². The Morgan fingerprint density at radius 2 is 1.80 bits per heavy atom. The molecule has 0 saturated carbocycles. The minimum atomic E-state index is -0.0376. The molecule has 3 rings (SSSR count). The zero-order chi connectivity index (χ0) is 14.1. The third kappa shape index (κ3) is 2.09. The van der Waals surface area contributed by atoms with Gasteiger partial charge in [0.1, 0.15) is 11.5 Å². The predicted molar refractivity (Wildman–Crippen MR) is 77.3 cm³/mol. The molecule has 0 fully saturated rings. The van der Waals surface area contributed by atoms with Gasteiger partial charge < -0.3 is 14.4 Å². The summed E-state index contributed by atoms with van der Waals surface area (Å²) in [5, 5.41) is 0. The van der Waals surface area contributed by atoms with E-state index in [4.69, 9.17) is 9.47 Å². The Labute approximate surface area is 117 Å². The van der Waals surface area contributed by atoms with Crippen LogP contribution in [0.1, 0.15) is 0 Å². The van der Waals surface area contributed by atoms with Gasteiger partial charge in [0.2, 0.25) is 0 Å². The number of benzene rings is 2. The highest BCUT2D eigenvalue weighted by Crippen LogP contribution is 2.35. The van der Waals surface area contributed by atoms with Gasteiger partial charge in [-0.3, -0.25) is 4.79 Å². The average molecular weight is 269 g/mol. The number of ether oxygens (including phenoxy) is 2. The Morgan fingerprint density at radius 1 is 1.10 bits per heavy atom. The molecule has 0 bridgehead atoms. The van der Waals surface area contributed by atoms with Crippen LogP contribution in [0.15, 0.2) is 42.5 Å². The normalized spacial score (nSPS) is 13.7. The summed E-state index contributed by atoms with van der Waals surface area (Å²) >= 11 is 0. The molecule has 0 atom stereocenters. The van der Waals surface area contributed by atoms with E-state index in [1.54, 1.807) is 19.1 Å². The van der Waals surface area contributed by atoms with Crippen molar-refractivity contribution in [1.29, 1.82) is 0 Å². The number of likely N-dealkylation sites (N-methyl/N-ethyl adjacent to an activating group) is 1. The van der Waals surface area contributed by atoms with Gasteiger partial charge in [0.15, 0.2) is 6.61 Å². The molecule has 1 aliphatic rings. The highest BCUT2D eigenvalue weighted by molar-refractivity contribution is 5.98. The smallest absolute Gasteiger partial charge is 0.264 e. The van der Waals surface area contributed by atoms with Gasteiger partial charge >= 0.3 is 0 Å². The van der Waals surface area contributed by atoms with Gasteiger partial charge in [-0.05, 0) is 35.4 Å². The standard InChI is InChI=1S/C16H15NO3/c1-17-14-9-12(5-8-15(14)20-10-16(17)18)11-3-6-13(19-2)7-4-11/h3-9H,10H2,1-2H3. The van der Waals surface area contributed by atoms with Crippen molar-refractivity contribution in [2.45, 2.75) is 0 Å². The maximum Gasteiger partial charge on any atom is 0.264 e. The summed E-state index contributed by atoms with van der Waals surface area (Å²) in [6.07, 6.45) is 0. The number of nitrogens with zero attached hydrogens (tertiary/aromatic N) is 1. The first-order chi connectivity index (χ1) is 9.69. The van der Waals surface area contributed by atoms with E-state index >= 15 is 0 Å². The van der Waals surface area contributed by atoms with E-state index in [0.29, 0.717) is 0 Å². The molecule has 2 aromatic carbocycles. The fourth-order valence-electron chi connectivity index (χ4n) is 2.24. The number of methoxy groups -OCH3 is 1. The van der Waals surface area contributed by atoms with Gasteiger partial charge in [0.25, 0.3) is 5.91 Å². The molecule has 20 heavy (non-hydrogen) atoms. The van der Waals surface area contributed by atoms with Crippen LogP contribution in [0.3, 0.4) is 0 Å². The number of hydrogen-bond acceptors (Lipinski definition) is 3. The molecular weight excluding hydrogens is 254 g/mol. The van der Waals surface area contributed by atoms with Gasteiger partial charge in [0.05, 0.1) is 12.8 Å². The molecule has 2 aromatic rings. The second-order valence-corrected chi connectivity index (χ2v) is 4.65. The summed E-state index contributed by atoms with van der Waals surface area (Å²) in [4.78, 5) is 13.3. The van der Waals surface area contributed by atoms with Gasteiger partial charge in [0, 0.05) is 7.05 Å². The Hall–Kier alpha value is -2.49. The molecule has 102 valence electrons. The Morgan fingerprint density at radius 3 is 2.50 bits per heavy atom. The van der Waals surface area contributed by atoms with E-state index in [1.165, 1.54) is 0 Å². The number of hydrogen-bond donors (Lipinski definition) is 0. The van der Waals surface area contributed by atoms with Crippen LogP contribution in [-0.4, -0.2) is 26.7 Å². The maximum absolute atomic E-state index is 11.7. The molecule has 0 N–H and O–H groups in total. The lowest BCUT2D eigenvalue weighted by atomic mass is 10.0. The number of amides is 1. The molecular formula is C16H15NO3. The number of rotatable bonds is 2. The van der Waals surface area contributed by atoms with Crippen LogP contribution < -0.4 is 14.4 Å². The summed E-state index contributed by atoms with van der Waals surface area (Å²) in [6.45, 7) is 0.103. The molecule has 0 spiro atoms. The number of carbonyl (C=O) groups is 1. The summed E-state index contributed by atoms with van der Waals surface area (Å²) in [7, 11) is 3.41. The highest BCUT2D eigenvalue weighted by Gasteiger charge is 2.22. The first-order valence-electron chi connectivity index (χ1n) is 6.37. The van der Waals surface area contributed by atoms with Crippen LogP contribution in [0.4, 0.5) is 5.69 Å². The molecule has 0 saturated heterocycles. The van der Waals surface area contributed by atoms with Gasteiger partial charge in [-0.25, -0.2) is 0 Å². The van der Waals surface area contributed by atoms with Gasteiger partial charge in [-0.1, -0.05) is 18.2 Å². The van der Waals surface area contributed by atoms with Crippen molar-refractivity contribution in [3.8, 4) is 22.6 Å². The van der Waals surface area contributed by atoms with Crippen LogP contribution >= 0.6 is 0 Å². The average Bonchev–Trinajstić information content (AvgIpc) is 2.51. The van der Waals surface area contributed by atoms with Crippen molar-refractivity contribution < 1.29 is 14.3 Å². The maximum atomic E-state index is 11.7. The van der Waals surface area contributed by atoms with Gasteiger partial charge in [-0.15, -0.1) is 0 Å². The Bertz CT molecular complexity index is 649. The second kappa shape index (κ2) is 4.89. The summed E-state index contributed by atoms with van der Waals surface area (Å²) in [6, 6.07) is 13.7. The molecule has 0 aliphatic carbocycles.